The Morgan fingerprint density at radius 1 is 0.900 bits per heavy atom. The molecule has 104 valence electrons. The van der Waals surface area contributed by atoms with Gasteiger partial charge in [-0.25, -0.2) is 0 Å². The third-order valence-electron chi connectivity index (χ3n) is 3.07. The first-order valence-electron chi connectivity index (χ1n) is 6.76. The first kappa shape index (κ1) is 14.3. The molecule has 0 spiro atoms. The fourth-order valence-corrected chi connectivity index (χ4v) is 1.87. The molecule has 3 nitrogen and oxygen atoms in total. The lowest BCUT2D eigenvalue weighted by Crippen LogP contribution is -2.27. The molecular weight excluding hydrogens is 248 g/mol. The van der Waals surface area contributed by atoms with Crippen molar-refractivity contribution >= 4 is 11.6 Å². The predicted octanol–water partition coefficient (Wildman–Crippen LogP) is 3.03. The van der Waals surface area contributed by atoms with Gasteiger partial charge in [-0.2, -0.15) is 0 Å². The highest BCUT2D eigenvalue weighted by molar-refractivity contribution is 5.92. The number of carbonyl (C=O) groups is 1. The van der Waals surface area contributed by atoms with E-state index in [2.05, 4.69) is 41.8 Å². The molecule has 3 heteroatoms. The van der Waals surface area contributed by atoms with Gasteiger partial charge in [-0.15, -0.1) is 0 Å². The van der Waals surface area contributed by atoms with Crippen molar-refractivity contribution in [3.05, 3.63) is 65.2 Å². The second-order valence-corrected chi connectivity index (χ2v) is 5.00. The molecule has 0 saturated carbocycles. The highest BCUT2D eigenvalue weighted by Gasteiger charge is 2.01. The first-order chi connectivity index (χ1) is 9.63. The smallest absolute Gasteiger partial charge is 0.238 e. The monoisotopic (exact) mass is 268 g/mol. The summed E-state index contributed by atoms with van der Waals surface area (Å²) in [6.07, 6.45) is 0. The molecule has 0 aliphatic heterocycles. The van der Waals surface area contributed by atoms with E-state index in [0.717, 1.165) is 5.69 Å². The summed E-state index contributed by atoms with van der Waals surface area (Å²) in [5, 5.41) is 6.00. The van der Waals surface area contributed by atoms with Crippen LogP contribution >= 0.6 is 0 Å². The van der Waals surface area contributed by atoms with Crippen molar-refractivity contribution in [2.45, 2.75) is 20.4 Å². The van der Waals surface area contributed by atoms with Crippen LogP contribution in [0.15, 0.2) is 48.5 Å². The molecule has 0 bridgehead atoms. The Labute approximate surface area is 120 Å². The number of aryl methyl sites for hydroxylation is 2. The van der Waals surface area contributed by atoms with Gasteiger partial charge in [0, 0.05) is 12.2 Å². The van der Waals surface area contributed by atoms with E-state index < -0.39 is 0 Å². The number of hydrogen-bond donors (Lipinski definition) is 2. The summed E-state index contributed by atoms with van der Waals surface area (Å²) < 4.78 is 0. The number of benzene rings is 2. The molecule has 2 aromatic rings. The van der Waals surface area contributed by atoms with Crippen LogP contribution in [0.3, 0.4) is 0 Å². The normalized spacial score (nSPS) is 10.3. The molecule has 0 aromatic heterocycles. The van der Waals surface area contributed by atoms with E-state index in [-0.39, 0.29) is 5.91 Å². The van der Waals surface area contributed by atoms with Gasteiger partial charge in [0.05, 0.1) is 6.54 Å². The lowest BCUT2D eigenvalue weighted by molar-refractivity contribution is -0.115. The maximum absolute atomic E-state index is 11.8. The van der Waals surface area contributed by atoms with E-state index in [9.17, 15) is 4.79 Å². The molecular formula is C17H20N2O. The fourth-order valence-electron chi connectivity index (χ4n) is 1.87. The van der Waals surface area contributed by atoms with Crippen molar-refractivity contribution in [1.29, 1.82) is 0 Å². The highest BCUT2D eigenvalue weighted by atomic mass is 16.1. The van der Waals surface area contributed by atoms with E-state index in [1.54, 1.807) is 0 Å². The average molecular weight is 268 g/mol. The zero-order valence-electron chi connectivity index (χ0n) is 11.9. The Morgan fingerprint density at radius 2 is 1.45 bits per heavy atom. The van der Waals surface area contributed by atoms with Gasteiger partial charge in [0.25, 0.3) is 0 Å². The summed E-state index contributed by atoms with van der Waals surface area (Å²) in [7, 11) is 0. The molecule has 1 amide bonds. The summed E-state index contributed by atoms with van der Waals surface area (Å²) >= 11 is 0. The number of carbonyl (C=O) groups excluding carboxylic acids is 1. The SMILES string of the molecule is Cc1ccc(CNCC(=O)Nc2ccc(C)cc2)cc1. The van der Waals surface area contributed by atoms with E-state index in [0.29, 0.717) is 13.1 Å². The standard InChI is InChI=1S/C17H20N2O/c1-13-3-7-15(8-4-13)11-18-12-17(20)19-16-9-5-14(2)6-10-16/h3-10,18H,11-12H2,1-2H3,(H,19,20). The van der Waals surface area contributed by atoms with Crippen molar-refractivity contribution in [3.63, 3.8) is 0 Å². The van der Waals surface area contributed by atoms with Crippen LogP contribution in [0.25, 0.3) is 0 Å². The first-order valence-corrected chi connectivity index (χ1v) is 6.76. The molecule has 0 unspecified atom stereocenters. The summed E-state index contributed by atoms with van der Waals surface area (Å²) in [5.74, 6) is -0.0269. The zero-order chi connectivity index (χ0) is 14.4. The van der Waals surface area contributed by atoms with Crippen molar-refractivity contribution in [1.82, 2.24) is 5.32 Å². The molecule has 0 heterocycles. The summed E-state index contributed by atoms with van der Waals surface area (Å²) in [4.78, 5) is 11.8. The Bertz CT molecular complexity index is 559. The molecule has 2 N–H and O–H groups in total. The van der Waals surface area contributed by atoms with E-state index in [1.807, 2.05) is 31.2 Å². The second kappa shape index (κ2) is 6.87. The zero-order valence-corrected chi connectivity index (χ0v) is 11.9. The van der Waals surface area contributed by atoms with Crippen molar-refractivity contribution in [2.75, 3.05) is 11.9 Å². The van der Waals surface area contributed by atoms with Gasteiger partial charge in [0.15, 0.2) is 0 Å². The quantitative estimate of drug-likeness (QED) is 0.875. The highest BCUT2D eigenvalue weighted by Crippen LogP contribution is 2.08. The fraction of sp³-hybridized carbons (Fsp3) is 0.235. The number of rotatable bonds is 5. The topological polar surface area (TPSA) is 41.1 Å². The van der Waals surface area contributed by atoms with Crippen LogP contribution in [0.4, 0.5) is 5.69 Å². The van der Waals surface area contributed by atoms with Crippen molar-refractivity contribution < 1.29 is 4.79 Å². The van der Waals surface area contributed by atoms with Gasteiger partial charge in [-0.1, -0.05) is 47.5 Å². The number of nitrogens with one attached hydrogen (secondary N) is 2. The average Bonchev–Trinajstić information content (AvgIpc) is 2.44. The molecule has 2 aromatic carbocycles. The summed E-state index contributed by atoms with van der Waals surface area (Å²) in [6, 6.07) is 16.1. The number of hydrogen-bond acceptors (Lipinski definition) is 2. The van der Waals surface area contributed by atoms with Crippen LogP contribution in [0.1, 0.15) is 16.7 Å². The van der Waals surface area contributed by atoms with Crippen molar-refractivity contribution in [3.8, 4) is 0 Å². The predicted molar refractivity (Wildman–Crippen MR) is 82.7 cm³/mol. The third-order valence-corrected chi connectivity index (χ3v) is 3.07. The Morgan fingerprint density at radius 3 is 2.05 bits per heavy atom. The maximum Gasteiger partial charge on any atom is 0.238 e. The van der Waals surface area contributed by atoms with Gasteiger partial charge in [0.2, 0.25) is 5.91 Å². The lowest BCUT2D eigenvalue weighted by Gasteiger charge is -2.07. The Hall–Kier alpha value is -2.13. The molecule has 20 heavy (non-hydrogen) atoms. The van der Waals surface area contributed by atoms with Gasteiger partial charge >= 0.3 is 0 Å². The molecule has 0 atom stereocenters. The van der Waals surface area contributed by atoms with Gasteiger partial charge < -0.3 is 10.6 Å². The minimum Gasteiger partial charge on any atom is -0.325 e. The van der Waals surface area contributed by atoms with E-state index in [4.69, 9.17) is 0 Å². The maximum atomic E-state index is 11.8. The molecule has 0 aliphatic rings. The van der Waals surface area contributed by atoms with E-state index >= 15 is 0 Å². The Balaban J connectivity index is 1.75. The number of anilines is 1. The van der Waals surface area contributed by atoms with Crippen LogP contribution in [0.2, 0.25) is 0 Å². The molecule has 0 fully saturated rings. The third kappa shape index (κ3) is 4.52. The van der Waals surface area contributed by atoms with Crippen LogP contribution in [-0.4, -0.2) is 12.5 Å². The van der Waals surface area contributed by atoms with Crippen LogP contribution in [0.5, 0.6) is 0 Å². The summed E-state index contributed by atoms with van der Waals surface area (Å²) in [5.41, 5.74) is 4.43. The van der Waals surface area contributed by atoms with Gasteiger partial charge in [-0.3, -0.25) is 4.79 Å². The number of amides is 1. The largest absolute Gasteiger partial charge is 0.325 e. The minimum absolute atomic E-state index is 0.0269. The van der Waals surface area contributed by atoms with Gasteiger partial charge in [-0.05, 0) is 31.5 Å². The van der Waals surface area contributed by atoms with E-state index in [1.165, 1.54) is 16.7 Å². The van der Waals surface area contributed by atoms with Gasteiger partial charge in [0.1, 0.15) is 0 Å². The van der Waals surface area contributed by atoms with Crippen LogP contribution in [-0.2, 0) is 11.3 Å². The Kier molecular flexibility index (Phi) is 4.91. The van der Waals surface area contributed by atoms with Crippen LogP contribution < -0.4 is 10.6 Å². The van der Waals surface area contributed by atoms with Crippen LogP contribution in [0, 0.1) is 13.8 Å². The van der Waals surface area contributed by atoms with Crippen molar-refractivity contribution in [2.24, 2.45) is 0 Å². The molecule has 0 aliphatic carbocycles. The molecule has 0 saturated heterocycles. The second-order valence-electron chi connectivity index (χ2n) is 5.00. The minimum atomic E-state index is -0.0269. The lowest BCUT2D eigenvalue weighted by atomic mass is 10.1. The summed E-state index contributed by atoms with van der Waals surface area (Å²) in [6.45, 7) is 5.09. The molecule has 0 radical (unpaired) electrons. The molecule has 2 rings (SSSR count).